The molecule has 3 nitrogen and oxygen atoms in total. The Morgan fingerprint density at radius 2 is 1.00 bits per heavy atom. The van der Waals surface area contributed by atoms with Crippen molar-refractivity contribution in [1.29, 1.82) is 0 Å². The Kier molecular flexibility index (Phi) is 26.6. The van der Waals surface area contributed by atoms with E-state index >= 15 is 0 Å². The Hall–Kier alpha value is 0.790. The summed E-state index contributed by atoms with van der Waals surface area (Å²) in [5.74, 6) is 0. The molecule has 5 heteroatoms. The molecule has 0 rings (SSSR count). The van der Waals surface area contributed by atoms with Crippen LogP contribution in [-0.2, 0) is 9.05 Å². The predicted molar refractivity (Wildman–Crippen MR) is 130 cm³/mol. The molecule has 0 aliphatic rings. The first-order chi connectivity index (χ1) is 13.8. The van der Waals surface area contributed by atoms with Crippen LogP contribution in [0.3, 0.4) is 0 Å². The van der Waals surface area contributed by atoms with Gasteiger partial charge in [0.2, 0.25) is 0 Å². The normalized spacial score (nSPS) is 12.5. The van der Waals surface area contributed by atoms with Gasteiger partial charge in [0.25, 0.3) is 8.53 Å². The molecule has 0 bridgehead atoms. The third-order valence-corrected chi connectivity index (χ3v) is 6.84. The second kappa shape index (κ2) is 25.8. The molecule has 0 heterocycles. The van der Waals surface area contributed by atoms with E-state index in [2.05, 4.69) is 34.9 Å². The first-order valence-corrected chi connectivity index (χ1v) is 14.5. The van der Waals surface area contributed by atoms with Crippen molar-refractivity contribution in [2.75, 3.05) is 25.1 Å². The minimum atomic E-state index is -0.904. The Labute approximate surface area is 186 Å². The summed E-state index contributed by atoms with van der Waals surface area (Å²) in [4.78, 5) is 0. The third kappa shape index (κ3) is 23.1. The van der Waals surface area contributed by atoms with Crippen molar-refractivity contribution in [3.05, 3.63) is 0 Å². The first kappa shape index (κ1) is 28.8. The number of alkyl halides is 1. The minimum absolute atomic E-state index is 0.819. The highest BCUT2D eigenvalue weighted by atomic mass is 79.9. The van der Waals surface area contributed by atoms with Gasteiger partial charge in [0.05, 0.1) is 13.2 Å². The summed E-state index contributed by atoms with van der Waals surface area (Å²) >= 11 is 3.49. The van der Waals surface area contributed by atoms with Crippen molar-refractivity contribution in [2.45, 2.75) is 123 Å². The molecular formula is C23H49BrNO2P. The number of halogens is 1. The summed E-state index contributed by atoms with van der Waals surface area (Å²) < 4.78 is 12.1. The molecule has 1 unspecified atom stereocenters. The highest BCUT2D eigenvalue weighted by Gasteiger charge is 2.10. The Balaban J connectivity index is 3.75. The van der Waals surface area contributed by atoms with Gasteiger partial charge in [-0.3, -0.25) is 5.09 Å². The van der Waals surface area contributed by atoms with Crippen molar-refractivity contribution in [3.8, 4) is 0 Å². The van der Waals surface area contributed by atoms with Crippen molar-refractivity contribution in [2.24, 2.45) is 0 Å². The van der Waals surface area contributed by atoms with Crippen LogP contribution in [0.4, 0.5) is 0 Å². The molecule has 28 heavy (non-hydrogen) atoms. The number of rotatable bonds is 24. The summed E-state index contributed by atoms with van der Waals surface area (Å²) in [6.07, 6.45) is 22.3. The fourth-order valence-corrected chi connectivity index (χ4v) is 4.69. The van der Waals surface area contributed by atoms with Crippen LogP contribution < -0.4 is 5.09 Å². The maximum Gasteiger partial charge on any atom is 0.255 e. The van der Waals surface area contributed by atoms with Crippen molar-refractivity contribution >= 4 is 24.5 Å². The summed E-state index contributed by atoms with van der Waals surface area (Å²) in [7, 11) is -0.904. The Bertz CT molecular complexity index is 265. The van der Waals surface area contributed by atoms with Crippen LogP contribution in [0.2, 0.25) is 0 Å². The molecule has 0 aromatic rings. The average molecular weight is 483 g/mol. The van der Waals surface area contributed by atoms with Crippen molar-refractivity contribution in [1.82, 2.24) is 5.09 Å². The van der Waals surface area contributed by atoms with Gasteiger partial charge in [-0.15, -0.1) is 0 Å². The zero-order valence-electron chi connectivity index (χ0n) is 19.0. The maximum absolute atomic E-state index is 6.06. The summed E-state index contributed by atoms with van der Waals surface area (Å²) in [5, 5.41) is 4.63. The molecule has 170 valence electrons. The Morgan fingerprint density at radius 1 is 0.571 bits per heavy atom. The maximum atomic E-state index is 6.06. The molecule has 0 aliphatic heterocycles. The van der Waals surface area contributed by atoms with E-state index in [4.69, 9.17) is 9.05 Å². The van der Waals surface area contributed by atoms with E-state index in [1.165, 1.54) is 96.3 Å². The van der Waals surface area contributed by atoms with Gasteiger partial charge in [0.15, 0.2) is 0 Å². The number of hydrogen-bond acceptors (Lipinski definition) is 3. The number of hydrogen-bond donors (Lipinski definition) is 1. The topological polar surface area (TPSA) is 30.5 Å². The van der Waals surface area contributed by atoms with Crippen LogP contribution in [0.5, 0.6) is 0 Å². The standard InChI is InChI=1S/C23H49BrNO2P/c1-3-5-7-9-11-13-17-21-25-28(27-23-19-15-16-20-24)26-22-18-14-12-10-8-6-4-2/h25H,3-23H2,1-2H3. The van der Waals surface area contributed by atoms with Crippen LogP contribution in [-0.4, -0.2) is 25.1 Å². The van der Waals surface area contributed by atoms with Gasteiger partial charge in [-0.25, -0.2) is 0 Å². The SMILES string of the molecule is CCCCCCCCCNP(OCCCCCBr)OCCCCCCCCC. The van der Waals surface area contributed by atoms with Crippen LogP contribution >= 0.6 is 24.5 Å². The van der Waals surface area contributed by atoms with Crippen LogP contribution in [0, 0.1) is 0 Å². The molecule has 0 saturated carbocycles. The number of nitrogens with one attached hydrogen (secondary N) is 1. The van der Waals surface area contributed by atoms with E-state index in [9.17, 15) is 0 Å². The van der Waals surface area contributed by atoms with Gasteiger partial charge in [0, 0.05) is 11.9 Å². The lowest BCUT2D eigenvalue weighted by atomic mass is 10.1. The van der Waals surface area contributed by atoms with Gasteiger partial charge in [-0.05, 0) is 25.7 Å². The second-order valence-electron chi connectivity index (χ2n) is 7.82. The fraction of sp³-hybridized carbons (Fsp3) is 1.00. The van der Waals surface area contributed by atoms with Crippen LogP contribution in [0.25, 0.3) is 0 Å². The highest BCUT2D eigenvalue weighted by molar-refractivity contribution is 9.09. The monoisotopic (exact) mass is 481 g/mol. The van der Waals surface area contributed by atoms with Crippen molar-refractivity contribution < 1.29 is 9.05 Å². The quantitative estimate of drug-likeness (QED) is 0.0846. The zero-order valence-corrected chi connectivity index (χ0v) is 21.5. The van der Waals surface area contributed by atoms with E-state index in [1.807, 2.05) is 0 Å². The van der Waals surface area contributed by atoms with Gasteiger partial charge in [0.1, 0.15) is 0 Å². The zero-order chi connectivity index (χ0) is 20.5. The molecule has 0 aromatic carbocycles. The van der Waals surface area contributed by atoms with Crippen molar-refractivity contribution in [3.63, 3.8) is 0 Å². The van der Waals surface area contributed by atoms with Gasteiger partial charge in [-0.1, -0.05) is 113 Å². The molecule has 0 aromatic heterocycles. The fourth-order valence-electron chi connectivity index (χ4n) is 3.11. The second-order valence-corrected chi connectivity index (χ2v) is 9.96. The van der Waals surface area contributed by atoms with Gasteiger partial charge in [-0.2, -0.15) is 0 Å². The summed E-state index contributed by atoms with van der Waals surface area (Å²) in [6.45, 7) is 7.23. The Morgan fingerprint density at radius 3 is 1.50 bits per heavy atom. The smallest absolute Gasteiger partial charge is 0.255 e. The van der Waals surface area contributed by atoms with Crippen LogP contribution in [0.15, 0.2) is 0 Å². The van der Waals surface area contributed by atoms with Gasteiger partial charge < -0.3 is 9.05 Å². The minimum Gasteiger partial charge on any atom is -0.322 e. The largest absolute Gasteiger partial charge is 0.322 e. The third-order valence-electron chi connectivity index (χ3n) is 4.96. The average Bonchev–Trinajstić information content (AvgIpc) is 2.71. The predicted octanol–water partition coefficient (Wildman–Crippen LogP) is 8.90. The molecule has 0 aliphatic carbocycles. The van der Waals surface area contributed by atoms with E-state index < -0.39 is 8.53 Å². The molecule has 0 saturated heterocycles. The van der Waals surface area contributed by atoms with E-state index in [1.54, 1.807) is 0 Å². The molecule has 0 amide bonds. The van der Waals surface area contributed by atoms with E-state index in [0.29, 0.717) is 0 Å². The lowest BCUT2D eigenvalue weighted by Gasteiger charge is -2.18. The highest BCUT2D eigenvalue weighted by Crippen LogP contribution is 2.34. The molecule has 0 spiro atoms. The molecule has 1 atom stereocenters. The molecule has 0 fully saturated rings. The lowest BCUT2D eigenvalue weighted by molar-refractivity contribution is 0.233. The van der Waals surface area contributed by atoms with E-state index in [0.717, 1.165) is 37.9 Å². The number of unbranched alkanes of at least 4 members (excludes halogenated alkanes) is 14. The lowest BCUT2D eigenvalue weighted by Crippen LogP contribution is -2.13. The summed E-state index contributed by atoms with van der Waals surface area (Å²) in [6, 6.07) is 0. The summed E-state index contributed by atoms with van der Waals surface area (Å²) in [5.41, 5.74) is 0. The molecule has 0 radical (unpaired) electrons. The van der Waals surface area contributed by atoms with Crippen LogP contribution in [0.1, 0.15) is 123 Å². The molecule has 1 N–H and O–H groups in total. The van der Waals surface area contributed by atoms with E-state index in [-0.39, 0.29) is 0 Å². The van der Waals surface area contributed by atoms with Gasteiger partial charge >= 0.3 is 0 Å². The first-order valence-electron chi connectivity index (χ1n) is 12.2. The molecular weight excluding hydrogens is 433 g/mol.